The van der Waals surface area contributed by atoms with E-state index >= 15 is 0 Å². The van der Waals surface area contributed by atoms with Crippen LogP contribution in [0.3, 0.4) is 0 Å². The van der Waals surface area contributed by atoms with E-state index in [9.17, 15) is 0 Å². The number of fused-ring (bicyclic) bond motifs is 1. The van der Waals surface area contributed by atoms with Crippen molar-refractivity contribution < 1.29 is 4.74 Å². The quantitative estimate of drug-likeness (QED) is 0.637. The van der Waals surface area contributed by atoms with E-state index < -0.39 is 0 Å². The molecular formula is C19H16O. The first-order valence-corrected chi connectivity index (χ1v) is 6.69. The molecule has 0 radical (unpaired) electrons. The molecule has 3 aromatic carbocycles. The molecule has 0 aliphatic rings. The van der Waals surface area contributed by atoms with E-state index in [1.807, 2.05) is 42.5 Å². The van der Waals surface area contributed by atoms with Gasteiger partial charge in [-0.15, -0.1) is 0 Å². The van der Waals surface area contributed by atoms with Gasteiger partial charge in [-0.3, -0.25) is 0 Å². The first-order chi connectivity index (χ1) is 9.88. The molecule has 1 nitrogen and oxygen atoms in total. The fourth-order valence-electron chi connectivity index (χ4n) is 2.35. The van der Waals surface area contributed by atoms with Gasteiger partial charge in [0.15, 0.2) is 0 Å². The Kier molecular flexibility index (Phi) is 3.51. The van der Waals surface area contributed by atoms with E-state index in [1.165, 1.54) is 10.8 Å². The van der Waals surface area contributed by atoms with E-state index in [1.54, 1.807) is 0 Å². The number of hydrogen-bond donors (Lipinski definition) is 0. The minimum absolute atomic E-state index is 0.569. The Morgan fingerprint density at radius 1 is 0.850 bits per heavy atom. The number of benzene rings is 3. The third-order valence-corrected chi connectivity index (χ3v) is 3.37. The van der Waals surface area contributed by atoms with E-state index in [0.29, 0.717) is 6.61 Å². The number of hydrogen-bond acceptors (Lipinski definition) is 1. The molecule has 3 aromatic rings. The van der Waals surface area contributed by atoms with Gasteiger partial charge in [-0.25, -0.2) is 0 Å². The molecule has 0 saturated heterocycles. The average molecular weight is 260 g/mol. The average Bonchev–Trinajstić information content (AvgIpc) is 2.53. The topological polar surface area (TPSA) is 9.23 Å². The highest BCUT2D eigenvalue weighted by atomic mass is 16.5. The number of rotatable bonds is 4. The zero-order valence-electron chi connectivity index (χ0n) is 11.3. The molecule has 0 N–H and O–H groups in total. The summed E-state index contributed by atoms with van der Waals surface area (Å²) in [7, 11) is 0. The van der Waals surface area contributed by atoms with Crippen molar-refractivity contribution in [2.24, 2.45) is 0 Å². The van der Waals surface area contributed by atoms with Crippen LogP contribution in [-0.4, -0.2) is 0 Å². The van der Waals surface area contributed by atoms with Crippen molar-refractivity contribution in [2.45, 2.75) is 6.61 Å². The standard InChI is InChI=1S/C19H16O/c1-2-17-18-11-7-6-10-16(18)12-13-19(17)20-14-15-8-4-3-5-9-15/h2-13H,1,14H2. The van der Waals surface area contributed by atoms with Gasteiger partial charge < -0.3 is 4.74 Å². The van der Waals surface area contributed by atoms with Crippen LogP contribution in [-0.2, 0) is 6.61 Å². The molecule has 3 rings (SSSR count). The first kappa shape index (κ1) is 12.5. The predicted octanol–water partition coefficient (Wildman–Crippen LogP) is 5.06. The van der Waals surface area contributed by atoms with Crippen LogP contribution < -0.4 is 4.74 Å². The van der Waals surface area contributed by atoms with E-state index in [2.05, 4.69) is 36.9 Å². The molecule has 0 spiro atoms. The summed E-state index contributed by atoms with van der Waals surface area (Å²) in [5, 5.41) is 2.38. The van der Waals surface area contributed by atoms with Gasteiger partial charge in [-0.05, 0) is 22.4 Å². The van der Waals surface area contributed by atoms with Crippen molar-refractivity contribution in [1.29, 1.82) is 0 Å². The molecule has 0 unspecified atom stereocenters. The molecule has 0 atom stereocenters. The second-order valence-electron chi connectivity index (χ2n) is 4.68. The molecule has 0 fully saturated rings. The van der Waals surface area contributed by atoms with Crippen molar-refractivity contribution in [2.75, 3.05) is 0 Å². The maximum atomic E-state index is 5.95. The van der Waals surface area contributed by atoms with Gasteiger partial charge in [0.05, 0.1) is 0 Å². The molecule has 0 aliphatic heterocycles. The van der Waals surface area contributed by atoms with Crippen LogP contribution in [0.4, 0.5) is 0 Å². The SMILES string of the molecule is C=Cc1c(OCc2ccccc2)ccc2ccccc12. The van der Waals surface area contributed by atoms with Crippen LogP contribution in [0.5, 0.6) is 5.75 Å². The monoisotopic (exact) mass is 260 g/mol. The second-order valence-corrected chi connectivity index (χ2v) is 4.68. The minimum Gasteiger partial charge on any atom is -0.488 e. The Bertz CT molecular complexity index is 729. The lowest BCUT2D eigenvalue weighted by Crippen LogP contribution is -1.97. The summed E-state index contributed by atoms with van der Waals surface area (Å²) in [4.78, 5) is 0. The molecule has 0 bridgehead atoms. The summed E-state index contributed by atoms with van der Waals surface area (Å²) in [6, 6.07) is 22.6. The first-order valence-electron chi connectivity index (χ1n) is 6.69. The maximum Gasteiger partial charge on any atom is 0.127 e. The van der Waals surface area contributed by atoms with Crippen molar-refractivity contribution >= 4 is 16.8 Å². The Morgan fingerprint density at radius 3 is 2.40 bits per heavy atom. The maximum absolute atomic E-state index is 5.95. The van der Waals surface area contributed by atoms with Gasteiger partial charge in [0, 0.05) is 5.56 Å². The molecule has 0 amide bonds. The van der Waals surface area contributed by atoms with Gasteiger partial charge in [-0.1, -0.05) is 73.3 Å². The summed E-state index contributed by atoms with van der Waals surface area (Å²) < 4.78 is 5.95. The Morgan fingerprint density at radius 2 is 1.60 bits per heavy atom. The van der Waals surface area contributed by atoms with Crippen molar-refractivity contribution in [3.63, 3.8) is 0 Å². The summed E-state index contributed by atoms with van der Waals surface area (Å²) in [5.41, 5.74) is 2.22. The fourth-order valence-corrected chi connectivity index (χ4v) is 2.35. The lowest BCUT2D eigenvalue weighted by molar-refractivity contribution is 0.306. The molecule has 98 valence electrons. The van der Waals surface area contributed by atoms with Gasteiger partial charge >= 0.3 is 0 Å². The summed E-state index contributed by atoms with van der Waals surface area (Å²) in [5.74, 6) is 0.877. The zero-order valence-corrected chi connectivity index (χ0v) is 11.3. The van der Waals surface area contributed by atoms with Crippen LogP contribution in [0.25, 0.3) is 16.8 Å². The van der Waals surface area contributed by atoms with Crippen LogP contribution in [0.2, 0.25) is 0 Å². The smallest absolute Gasteiger partial charge is 0.127 e. The second kappa shape index (κ2) is 5.62. The van der Waals surface area contributed by atoms with Gasteiger partial charge in [0.1, 0.15) is 12.4 Å². The highest BCUT2D eigenvalue weighted by Crippen LogP contribution is 2.29. The van der Waals surface area contributed by atoms with Gasteiger partial charge in [0.2, 0.25) is 0 Å². The summed E-state index contributed by atoms with van der Waals surface area (Å²) in [6.45, 7) is 4.49. The zero-order chi connectivity index (χ0) is 13.8. The minimum atomic E-state index is 0.569. The fraction of sp³-hybridized carbons (Fsp3) is 0.0526. The third kappa shape index (κ3) is 2.43. The molecule has 0 saturated carbocycles. The normalized spacial score (nSPS) is 10.4. The molecule has 20 heavy (non-hydrogen) atoms. The molecule has 0 aromatic heterocycles. The van der Waals surface area contributed by atoms with Crippen LogP contribution >= 0.6 is 0 Å². The Labute approximate surface area is 119 Å². The van der Waals surface area contributed by atoms with Crippen LogP contribution in [0, 0.1) is 0 Å². The van der Waals surface area contributed by atoms with Crippen LogP contribution in [0.1, 0.15) is 11.1 Å². The molecular weight excluding hydrogens is 244 g/mol. The van der Waals surface area contributed by atoms with E-state index in [4.69, 9.17) is 4.74 Å². The number of ether oxygens (including phenoxy) is 1. The highest BCUT2D eigenvalue weighted by molar-refractivity contribution is 5.92. The van der Waals surface area contributed by atoms with E-state index in [-0.39, 0.29) is 0 Å². The highest BCUT2D eigenvalue weighted by Gasteiger charge is 2.05. The van der Waals surface area contributed by atoms with Crippen molar-refractivity contribution in [3.8, 4) is 5.75 Å². The summed E-state index contributed by atoms with van der Waals surface area (Å²) in [6.07, 6.45) is 1.86. The van der Waals surface area contributed by atoms with Crippen molar-refractivity contribution in [1.82, 2.24) is 0 Å². The largest absolute Gasteiger partial charge is 0.488 e. The van der Waals surface area contributed by atoms with Gasteiger partial charge in [0.25, 0.3) is 0 Å². The van der Waals surface area contributed by atoms with Gasteiger partial charge in [-0.2, -0.15) is 0 Å². The Hall–Kier alpha value is -2.54. The van der Waals surface area contributed by atoms with E-state index in [0.717, 1.165) is 16.9 Å². The Balaban J connectivity index is 1.93. The molecule has 0 aliphatic carbocycles. The third-order valence-electron chi connectivity index (χ3n) is 3.37. The summed E-state index contributed by atoms with van der Waals surface area (Å²) >= 11 is 0. The molecule has 1 heteroatoms. The van der Waals surface area contributed by atoms with Crippen molar-refractivity contribution in [3.05, 3.63) is 84.4 Å². The molecule has 0 heterocycles. The predicted molar refractivity (Wildman–Crippen MR) is 84.8 cm³/mol. The lowest BCUT2D eigenvalue weighted by Gasteiger charge is -2.12. The van der Waals surface area contributed by atoms with Crippen LogP contribution in [0.15, 0.2) is 73.3 Å². The lowest BCUT2D eigenvalue weighted by atomic mass is 10.0.